The summed E-state index contributed by atoms with van der Waals surface area (Å²) in [5.74, 6) is 0.849. The Morgan fingerprint density at radius 2 is 1.95 bits per heavy atom. The molecule has 2 aromatic rings. The van der Waals surface area contributed by atoms with Crippen molar-refractivity contribution in [2.45, 2.75) is 13.5 Å². The number of nitrogens with two attached hydrogens (primary N) is 1. The van der Waals surface area contributed by atoms with Crippen LogP contribution in [0.15, 0.2) is 36.4 Å². The number of nitrogen functional groups attached to an aromatic ring is 1. The van der Waals surface area contributed by atoms with Crippen molar-refractivity contribution in [2.24, 2.45) is 0 Å². The standard InChI is InChI=1S/C14H16FN3O/c1-2-19-14-12(16)7-8-13(18-14)17-9-10-3-5-11(15)6-4-10/h3-8H,2,9,16H2,1H3,(H,17,18). The second kappa shape index (κ2) is 6.04. The number of pyridine rings is 1. The average Bonchev–Trinajstić information content (AvgIpc) is 2.42. The molecule has 0 amide bonds. The van der Waals surface area contributed by atoms with Gasteiger partial charge in [-0.15, -0.1) is 0 Å². The highest BCUT2D eigenvalue weighted by atomic mass is 19.1. The van der Waals surface area contributed by atoms with Gasteiger partial charge in [-0.2, -0.15) is 4.98 Å². The third kappa shape index (κ3) is 3.58. The molecule has 3 N–H and O–H groups in total. The molecule has 0 radical (unpaired) electrons. The Balaban J connectivity index is 2.03. The van der Waals surface area contributed by atoms with E-state index in [1.54, 1.807) is 24.3 Å². The minimum atomic E-state index is -0.243. The summed E-state index contributed by atoms with van der Waals surface area (Å²) < 4.78 is 18.1. The number of aromatic nitrogens is 1. The Hall–Kier alpha value is -2.30. The van der Waals surface area contributed by atoms with Crippen molar-refractivity contribution in [2.75, 3.05) is 17.7 Å². The largest absolute Gasteiger partial charge is 0.476 e. The van der Waals surface area contributed by atoms with Gasteiger partial charge in [-0.25, -0.2) is 4.39 Å². The lowest BCUT2D eigenvalue weighted by atomic mass is 10.2. The molecule has 5 heteroatoms. The van der Waals surface area contributed by atoms with E-state index in [1.165, 1.54) is 12.1 Å². The molecule has 0 aliphatic rings. The lowest BCUT2D eigenvalue weighted by Gasteiger charge is -2.09. The molecule has 1 aromatic carbocycles. The third-order valence-corrected chi connectivity index (χ3v) is 2.56. The van der Waals surface area contributed by atoms with Crippen LogP contribution in [0.3, 0.4) is 0 Å². The van der Waals surface area contributed by atoms with Crippen LogP contribution >= 0.6 is 0 Å². The smallest absolute Gasteiger partial charge is 0.239 e. The number of nitrogens with zero attached hydrogens (tertiary/aromatic N) is 1. The fourth-order valence-electron chi connectivity index (χ4n) is 1.60. The summed E-state index contributed by atoms with van der Waals surface area (Å²) in [5, 5.41) is 3.14. The number of halogens is 1. The van der Waals surface area contributed by atoms with Crippen LogP contribution in [0.2, 0.25) is 0 Å². The Kier molecular flexibility index (Phi) is 4.18. The predicted molar refractivity (Wildman–Crippen MR) is 73.5 cm³/mol. The quantitative estimate of drug-likeness (QED) is 0.868. The highest BCUT2D eigenvalue weighted by Gasteiger charge is 2.03. The lowest BCUT2D eigenvalue weighted by molar-refractivity contribution is 0.329. The van der Waals surface area contributed by atoms with Gasteiger partial charge in [0.25, 0.3) is 0 Å². The number of hydrogen-bond acceptors (Lipinski definition) is 4. The summed E-state index contributed by atoms with van der Waals surface area (Å²) >= 11 is 0. The van der Waals surface area contributed by atoms with Gasteiger partial charge >= 0.3 is 0 Å². The van der Waals surface area contributed by atoms with E-state index in [0.717, 1.165) is 5.56 Å². The average molecular weight is 261 g/mol. The number of rotatable bonds is 5. The zero-order valence-corrected chi connectivity index (χ0v) is 10.7. The maximum Gasteiger partial charge on any atom is 0.239 e. The van der Waals surface area contributed by atoms with Gasteiger partial charge in [-0.1, -0.05) is 12.1 Å². The van der Waals surface area contributed by atoms with Crippen molar-refractivity contribution >= 4 is 11.5 Å². The summed E-state index contributed by atoms with van der Waals surface area (Å²) in [6.45, 7) is 2.95. The summed E-state index contributed by atoms with van der Waals surface area (Å²) in [6.07, 6.45) is 0. The van der Waals surface area contributed by atoms with Gasteiger partial charge in [0.2, 0.25) is 5.88 Å². The molecule has 1 heterocycles. The topological polar surface area (TPSA) is 60.2 Å². The summed E-state index contributed by atoms with van der Waals surface area (Å²) in [7, 11) is 0. The number of nitrogens with one attached hydrogen (secondary N) is 1. The molecular weight excluding hydrogens is 245 g/mol. The number of ether oxygens (including phenoxy) is 1. The molecule has 0 fully saturated rings. The van der Waals surface area contributed by atoms with E-state index >= 15 is 0 Å². The van der Waals surface area contributed by atoms with E-state index in [-0.39, 0.29) is 5.82 Å². The van der Waals surface area contributed by atoms with Crippen molar-refractivity contribution in [3.63, 3.8) is 0 Å². The van der Waals surface area contributed by atoms with Gasteiger partial charge in [0.15, 0.2) is 0 Å². The fraction of sp³-hybridized carbons (Fsp3) is 0.214. The first-order valence-corrected chi connectivity index (χ1v) is 6.06. The summed E-state index contributed by atoms with van der Waals surface area (Å²) in [4.78, 5) is 4.26. The maximum absolute atomic E-state index is 12.8. The summed E-state index contributed by atoms with van der Waals surface area (Å²) in [5.41, 5.74) is 7.22. The van der Waals surface area contributed by atoms with Gasteiger partial charge in [0.1, 0.15) is 11.6 Å². The van der Waals surface area contributed by atoms with Crippen molar-refractivity contribution in [3.8, 4) is 5.88 Å². The van der Waals surface area contributed by atoms with Crippen LogP contribution < -0.4 is 15.8 Å². The highest BCUT2D eigenvalue weighted by molar-refractivity contribution is 5.53. The molecule has 1 aromatic heterocycles. The van der Waals surface area contributed by atoms with Crippen LogP contribution in [-0.2, 0) is 6.54 Å². The predicted octanol–water partition coefficient (Wildman–Crippen LogP) is 2.81. The molecule has 19 heavy (non-hydrogen) atoms. The third-order valence-electron chi connectivity index (χ3n) is 2.56. The number of benzene rings is 1. The zero-order chi connectivity index (χ0) is 13.7. The molecule has 0 spiro atoms. The minimum absolute atomic E-state index is 0.243. The monoisotopic (exact) mass is 261 g/mol. The summed E-state index contributed by atoms with van der Waals surface area (Å²) in [6, 6.07) is 9.83. The molecule has 0 atom stereocenters. The molecule has 0 aliphatic heterocycles. The molecule has 0 saturated carbocycles. The van der Waals surface area contributed by atoms with Gasteiger partial charge in [0.05, 0.1) is 12.3 Å². The van der Waals surface area contributed by atoms with E-state index in [4.69, 9.17) is 10.5 Å². The van der Waals surface area contributed by atoms with E-state index in [0.29, 0.717) is 30.5 Å². The Morgan fingerprint density at radius 3 is 2.63 bits per heavy atom. The first kappa shape index (κ1) is 13.1. The van der Waals surface area contributed by atoms with Gasteiger partial charge < -0.3 is 15.8 Å². The van der Waals surface area contributed by atoms with E-state index < -0.39 is 0 Å². The second-order valence-corrected chi connectivity index (χ2v) is 4.00. The second-order valence-electron chi connectivity index (χ2n) is 4.00. The molecule has 0 aliphatic carbocycles. The molecule has 2 rings (SSSR count). The van der Waals surface area contributed by atoms with Crippen LogP contribution in [0, 0.1) is 5.82 Å². The molecular formula is C14H16FN3O. The van der Waals surface area contributed by atoms with Crippen LogP contribution in [0.1, 0.15) is 12.5 Å². The van der Waals surface area contributed by atoms with Gasteiger partial charge in [0, 0.05) is 6.54 Å². The Labute approximate surface area is 111 Å². The van der Waals surface area contributed by atoms with E-state index in [9.17, 15) is 4.39 Å². The fourth-order valence-corrected chi connectivity index (χ4v) is 1.60. The SMILES string of the molecule is CCOc1nc(NCc2ccc(F)cc2)ccc1N. The van der Waals surface area contributed by atoms with Crippen LogP contribution in [0.25, 0.3) is 0 Å². The Morgan fingerprint density at radius 1 is 1.21 bits per heavy atom. The lowest BCUT2D eigenvalue weighted by Crippen LogP contribution is -2.05. The van der Waals surface area contributed by atoms with E-state index in [1.807, 2.05) is 6.92 Å². The van der Waals surface area contributed by atoms with Crippen molar-refractivity contribution < 1.29 is 9.13 Å². The number of hydrogen-bond donors (Lipinski definition) is 2. The molecule has 0 unspecified atom stereocenters. The molecule has 100 valence electrons. The molecule has 0 bridgehead atoms. The first-order chi connectivity index (χ1) is 9.19. The van der Waals surface area contributed by atoms with Crippen molar-refractivity contribution in [1.82, 2.24) is 4.98 Å². The zero-order valence-electron chi connectivity index (χ0n) is 10.7. The normalized spacial score (nSPS) is 10.2. The molecule has 4 nitrogen and oxygen atoms in total. The van der Waals surface area contributed by atoms with Crippen molar-refractivity contribution in [1.29, 1.82) is 0 Å². The number of anilines is 2. The van der Waals surface area contributed by atoms with Crippen LogP contribution in [0.5, 0.6) is 5.88 Å². The van der Waals surface area contributed by atoms with Crippen LogP contribution in [0.4, 0.5) is 15.9 Å². The van der Waals surface area contributed by atoms with E-state index in [2.05, 4.69) is 10.3 Å². The first-order valence-electron chi connectivity index (χ1n) is 6.06. The Bertz CT molecular complexity index is 543. The van der Waals surface area contributed by atoms with Gasteiger partial charge in [-0.05, 0) is 36.8 Å². The van der Waals surface area contributed by atoms with Crippen molar-refractivity contribution in [3.05, 3.63) is 47.8 Å². The maximum atomic E-state index is 12.8. The highest BCUT2D eigenvalue weighted by Crippen LogP contribution is 2.21. The van der Waals surface area contributed by atoms with Gasteiger partial charge in [-0.3, -0.25) is 0 Å². The minimum Gasteiger partial charge on any atom is -0.476 e. The van der Waals surface area contributed by atoms with Crippen LogP contribution in [-0.4, -0.2) is 11.6 Å². The molecule has 0 saturated heterocycles.